The van der Waals surface area contributed by atoms with Crippen LogP contribution in [0.2, 0.25) is 0 Å². The van der Waals surface area contributed by atoms with Crippen LogP contribution < -0.4 is 20.1 Å². The lowest BCUT2D eigenvalue weighted by Crippen LogP contribution is -2.41. The zero-order chi connectivity index (χ0) is 17.4. The van der Waals surface area contributed by atoms with E-state index >= 15 is 0 Å². The van der Waals surface area contributed by atoms with Crippen molar-refractivity contribution in [2.75, 3.05) is 14.2 Å². The highest BCUT2D eigenvalue weighted by Crippen LogP contribution is 2.29. The van der Waals surface area contributed by atoms with Gasteiger partial charge in [0.2, 0.25) is 0 Å². The monoisotopic (exact) mass is 461 g/mol. The molecule has 0 amide bonds. The van der Waals surface area contributed by atoms with E-state index in [0.29, 0.717) is 18.7 Å². The number of hydrogen-bond donors (Lipinski definition) is 2. The van der Waals surface area contributed by atoms with Crippen molar-refractivity contribution in [1.82, 2.24) is 10.6 Å². The third-order valence-electron chi connectivity index (χ3n) is 4.54. The Hall–Kier alpha value is -1.18. The van der Waals surface area contributed by atoms with Crippen LogP contribution in [0.5, 0.6) is 11.5 Å². The van der Waals surface area contributed by atoms with Gasteiger partial charge < -0.3 is 20.1 Å². The Morgan fingerprint density at radius 3 is 2.64 bits per heavy atom. The zero-order valence-electron chi connectivity index (χ0n) is 15.8. The van der Waals surface area contributed by atoms with E-state index in [0.717, 1.165) is 42.3 Å². The number of nitrogens with zero attached hydrogens (tertiary/aromatic N) is 1. The Balaban J connectivity index is 0.00000312. The Bertz CT molecular complexity index is 545. The lowest BCUT2D eigenvalue weighted by atomic mass is 10.1. The molecule has 1 aliphatic carbocycles. The van der Waals surface area contributed by atoms with Crippen molar-refractivity contribution in [3.05, 3.63) is 23.8 Å². The number of hydrogen-bond acceptors (Lipinski definition) is 3. The average molecular weight is 461 g/mol. The molecule has 1 atom stereocenters. The third kappa shape index (κ3) is 6.92. The second kappa shape index (κ2) is 11.4. The van der Waals surface area contributed by atoms with Crippen LogP contribution >= 0.6 is 24.0 Å². The molecule has 1 saturated carbocycles. The maximum Gasteiger partial charge on any atom is 0.191 e. The molecule has 0 radical (unpaired) electrons. The lowest BCUT2D eigenvalue weighted by molar-refractivity contribution is 0.207. The second-order valence-electron chi connectivity index (χ2n) is 6.38. The van der Waals surface area contributed by atoms with Crippen LogP contribution in [0, 0.1) is 0 Å². The fraction of sp³-hybridized carbons (Fsp3) is 0.632. The molecule has 1 aromatic carbocycles. The van der Waals surface area contributed by atoms with Crippen molar-refractivity contribution in [2.45, 2.75) is 64.6 Å². The summed E-state index contributed by atoms with van der Waals surface area (Å²) >= 11 is 0. The number of guanidine groups is 1. The fourth-order valence-corrected chi connectivity index (χ4v) is 2.81. The number of nitrogens with one attached hydrogen (secondary N) is 2. The molecule has 0 aliphatic heterocycles. The number of rotatable bonds is 7. The summed E-state index contributed by atoms with van der Waals surface area (Å²) in [7, 11) is 3.48. The molecule has 1 unspecified atom stereocenters. The summed E-state index contributed by atoms with van der Waals surface area (Å²) in [5.41, 5.74) is 1.12. The molecular formula is C19H32IN3O2. The summed E-state index contributed by atoms with van der Waals surface area (Å²) in [4.78, 5) is 4.29. The van der Waals surface area contributed by atoms with Crippen molar-refractivity contribution < 1.29 is 9.47 Å². The number of methoxy groups -OCH3 is 1. The van der Waals surface area contributed by atoms with Gasteiger partial charge in [-0.2, -0.15) is 0 Å². The van der Waals surface area contributed by atoms with Crippen molar-refractivity contribution in [3.63, 3.8) is 0 Å². The predicted octanol–water partition coefficient (Wildman–Crippen LogP) is 4.10. The molecule has 1 aliphatic rings. The molecule has 0 heterocycles. The van der Waals surface area contributed by atoms with Crippen LogP contribution in [-0.2, 0) is 6.54 Å². The van der Waals surface area contributed by atoms with Gasteiger partial charge in [-0.15, -0.1) is 24.0 Å². The molecule has 25 heavy (non-hydrogen) atoms. The highest BCUT2D eigenvalue weighted by atomic mass is 127. The second-order valence-corrected chi connectivity index (χ2v) is 6.38. The summed E-state index contributed by atoms with van der Waals surface area (Å²) in [6.45, 7) is 4.97. The van der Waals surface area contributed by atoms with Crippen LogP contribution in [0.3, 0.4) is 0 Å². The summed E-state index contributed by atoms with van der Waals surface area (Å²) in [6, 6.07) is 6.41. The minimum Gasteiger partial charge on any atom is -0.497 e. The van der Waals surface area contributed by atoms with Crippen LogP contribution in [0.25, 0.3) is 0 Å². The van der Waals surface area contributed by atoms with E-state index < -0.39 is 0 Å². The summed E-state index contributed by atoms with van der Waals surface area (Å²) in [5.74, 6) is 2.55. The number of ether oxygens (including phenoxy) is 2. The Morgan fingerprint density at radius 1 is 1.32 bits per heavy atom. The average Bonchev–Trinajstić information content (AvgIpc) is 3.12. The third-order valence-corrected chi connectivity index (χ3v) is 4.54. The molecule has 1 fully saturated rings. The summed E-state index contributed by atoms with van der Waals surface area (Å²) < 4.78 is 11.6. The van der Waals surface area contributed by atoms with Crippen molar-refractivity contribution in [3.8, 4) is 11.5 Å². The highest BCUT2D eigenvalue weighted by molar-refractivity contribution is 14.0. The SMILES string of the molecule is CCC(C)NC(=NC)NCc1ccc(OC)cc1OC1CCCC1.I. The van der Waals surface area contributed by atoms with E-state index in [1.165, 1.54) is 12.8 Å². The van der Waals surface area contributed by atoms with Gasteiger partial charge in [0, 0.05) is 31.3 Å². The number of benzene rings is 1. The molecule has 2 N–H and O–H groups in total. The van der Waals surface area contributed by atoms with Gasteiger partial charge in [0.25, 0.3) is 0 Å². The first-order valence-electron chi connectivity index (χ1n) is 8.97. The molecule has 6 heteroatoms. The van der Waals surface area contributed by atoms with Crippen LogP contribution in [0.4, 0.5) is 0 Å². The van der Waals surface area contributed by atoms with E-state index in [4.69, 9.17) is 9.47 Å². The van der Waals surface area contributed by atoms with Crippen molar-refractivity contribution in [1.29, 1.82) is 0 Å². The first kappa shape index (κ1) is 21.9. The largest absolute Gasteiger partial charge is 0.497 e. The van der Waals surface area contributed by atoms with Gasteiger partial charge in [-0.3, -0.25) is 4.99 Å². The molecule has 0 spiro atoms. The topological polar surface area (TPSA) is 54.9 Å². The van der Waals surface area contributed by atoms with Gasteiger partial charge in [-0.05, 0) is 51.2 Å². The van der Waals surface area contributed by atoms with E-state index in [1.807, 2.05) is 12.1 Å². The van der Waals surface area contributed by atoms with Gasteiger partial charge in [0.05, 0.1) is 13.2 Å². The maximum absolute atomic E-state index is 6.24. The van der Waals surface area contributed by atoms with E-state index in [1.54, 1.807) is 14.2 Å². The summed E-state index contributed by atoms with van der Waals surface area (Å²) in [6.07, 6.45) is 6.18. The van der Waals surface area contributed by atoms with Crippen LogP contribution in [0.15, 0.2) is 23.2 Å². The molecule has 2 rings (SSSR count). The molecule has 0 aromatic heterocycles. The van der Waals surface area contributed by atoms with Crippen molar-refractivity contribution in [2.24, 2.45) is 4.99 Å². The van der Waals surface area contributed by atoms with E-state index in [-0.39, 0.29) is 24.0 Å². The molecule has 5 nitrogen and oxygen atoms in total. The first-order valence-corrected chi connectivity index (χ1v) is 8.97. The normalized spacial score (nSPS) is 16.1. The Morgan fingerprint density at radius 2 is 2.04 bits per heavy atom. The van der Waals surface area contributed by atoms with Gasteiger partial charge in [0.15, 0.2) is 5.96 Å². The lowest BCUT2D eigenvalue weighted by Gasteiger charge is -2.20. The summed E-state index contributed by atoms with van der Waals surface area (Å²) in [5, 5.41) is 6.75. The molecular weight excluding hydrogens is 429 g/mol. The van der Waals surface area contributed by atoms with Gasteiger partial charge in [0.1, 0.15) is 11.5 Å². The number of aliphatic imine (C=N–C) groups is 1. The number of halogens is 1. The highest BCUT2D eigenvalue weighted by Gasteiger charge is 2.18. The van der Waals surface area contributed by atoms with Gasteiger partial charge in [-0.25, -0.2) is 0 Å². The van der Waals surface area contributed by atoms with Gasteiger partial charge >= 0.3 is 0 Å². The van der Waals surface area contributed by atoms with Crippen LogP contribution in [-0.4, -0.2) is 32.3 Å². The minimum atomic E-state index is 0. The fourth-order valence-electron chi connectivity index (χ4n) is 2.81. The molecule has 1 aromatic rings. The quantitative estimate of drug-likeness (QED) is 0.365. The minimum absolute atomic E-state index is 0. The Kier molecular flexibility index (Phi) is 10.0. The first-order chi connectivity index (χ1) is 11.7. The standard InChI is InChI=1S/C19H31N3O2.HI/c1-5-14(2)22-19(20-3)21-13-15-10-11-17(23-4)12-18(15)24-16-8-6-7-9-16;/h10-12,14,16H,5-9,13H2,1-4H3,(H2,20,21,22);1H. The van der Waals surface area contributed by atoms with Crippen LogP contribution in [0.1, 0.15) is 51.5 Å². The van der Waals surface area contributed by atoms with E-state index in [9.17, 15) is 0 Å². The zero-order valence-corrected chi connectivity index (χ0v) is 18.1. The smallest absolute Gasteiger partial charge is 0.191 e. The molecule has 0 bridgehead atoms. The molecule has 142 valence electrons. The molecule has 0 saturated heterocycles. The van der Waals surface area contributed by atoms with Crippen molar-refractivity contribution >= 4 is 29.9 Å². The van der Waals surface area contributed by atoms with E-state index in [2.05, 4.69) is 35.5 Å². The van der Waals surface area contributed by atoms with Gasteiger partial charge in [-0.1, -0.05) is 6.92 Å². The Labute approximate surface area is 169 Å². The predicted molar refractivity (Wildman–Crippen MR) is 114 cm³/mol. The maximum atomic E-state index is 6.24.